The van der Waals surface area contributed by atoms with E-state index in [0.717, 1.165) is 37.6 Å². The molecule has 144 valence electrons. The van der Waals surface area contributed by atoms with Crippen molar-refractivity contribution >= 4 is 17.5 Å². The number of anilines is 2. The minimum atomic E-state index is 0.0538. The van der Waals surface area contributed by atoms with Crippen LogP contribution in [0.25, 0.3) is 0 Å². The van der Waals surface area contributed by atoms with E-state index in [1.807, 2.05) is 31.9 Å². The van der Waals surface area contributed by atoms with E-state index in [-0.39, 0.29) is 17.9 Å². The maximum absolute atomic E-state index is 12.0. The maximum Gasteiger partial charge on any atom is 0.241 e. The first kappa shape index (κ1) is 17.7. The van der Waals surface area contributed by atoms with E-state index >= 15 is 0 Å². The Kier molecular flexibility index (Phi) is 4.67. The molecule has 2 saturated heterocycles. The number of likely N-dealkylation sites (N-methyl/N-ethyl adjacent to an activating group) is 1. The summed E-state index contributed by atoms with van der Waals surface area (Å²) in [6.07, 6.45) is 3.57. The molecule has 9 nitrogen and oxygen atoms in total. The van der Waals surface area contributed by atoms with E-state index in [2.05, 4.69) is 25.0 Å². The Morgan fingerprint density at radius 3 is 2.74 bits per heavy atom. The van der Waals surface area contributed by atoms with Crippen molar-refractivity contribution in [1.29, 1.82) is 0 Å². The zero-order valence-electron chi connectivity index (χ0n) is 16.0. The van der Waals surface area contributed by atoms with Crippen LogP contribution in [0, 0.1) is 0 Å². The number of nitrogens with zero attached hydrogens (tertiary/aromatic N) is 7. The van der Waals surface area contributed by atoms with Gasteiger partial charge in [-0.1, -0.05) is 19.0 Å². The quantitative estimate of drug-likeness (QED) is 0.800. The average molecular weight is 371 g/mol. The fourth-order valence-corrected chi connectivity index (χ4v) is 3.55. The molecule has 1 amide bonds. The van der Waals surface area contributed by atoms with Crippen molar-refractivity contribution in [3.63, 3.8) is 0 Å². The minimum absolute atomic E-state index is 0.0538. The maximum atomic E-state index is 12.0. The van der Waals surface area contributed by atoms with Gasteiger partial charge in [-0.2, -0.15) is 4.98 Å². The van der Waals surface area contributed by atoms with Gasteiger partial charge in [0.05, 0.1) is 12.6 Å². The van der Waals surface area contributed by atoms with Crippen molar-refractivity contribution in [2.24, 2.45) is 0 Å². The van der Waals surface area contributed by atoms with Gasteiger partial charge in [-0.25, -0.2) is 9.97 Å². The van der Waals surface area contributed by atoms with Crippen molar-refractivity contribution in [2.75, 3.05) is 43.0 Å². The predicted molar refractivity (Wildman–Crippen MR) is 99.6 cm³/mol. The van der Waals surface area contributed by atoms with Crippen LogP contribution >= 0.6 is 0 Å². The minimum Gasteiger partial charge on any atom is -0.346 e. The summed E-state index contributed by atoms with van der Waals surface area (Å²) >= 11 is 0. The number of carbonyl (C=O) groups excluding carboxylic acids is 1. The summed E-state index contributed by atoms with van der Waals surface area (Å²) in [5, 5.41) is 4.19. The first-order chi connectivity index (χ1) is 13.0. The molecule has 0 saturated carbocycles. The lowest BCUT2D eigenvalue weighted by Gasteiger charge is -2.33. The Balaban J connectivity index is 1.56. The van der Waals surface area contributed by atoms with E-state index in [9.17, 15) is 4.79 Å². The monoisotopic (exact) mass is 371 g/mol. The summed E-state index contributed by atoms with van der Waals surface area (Å²) in [6, 6.07) is 2.01. The molecule has 1 unspecified atom stereocenters. The van der Waals surface area contributed by atoms with E-state index in [0.29, 0.717) is 24.8 Å². The molecule has 0 bridgehead atoms. The molecular weight excluding hydrogens is 346 g/mol. The summed E-state index contributed by atoms with van der Waals surface area (Å²) in [7, 11) is 1.83. The molecule has 4 heterocycles. The smallest absolute Gasteiger partial charge is 0.241 e. The van der Waals surface area contributed by atoms with Gasteiger partial charge in [-0.15, -0.1) is 0 Å². The van der Waals surface area contributed by atoms with E-state index in [4.69, 9.17) is 4.52 Å². The number of amides is 1. The van der Waals surface area contributed by atoms with E-state index in [1.165, 1.54) is 0 Å². The molecule has 0 aromatic carbocycles. The molecule has 1 atom stereocenters. The second-order valence-electron chi connectivity index (χ2n) is 7.47. The predicted octanol–water partition coefficient (Wildman–Crippen LogP) is 1.60. The molecule has 0 N–H and O–H groups in total. The van der Waals surface area contributed by atoms with Crippen LogP contribution in [0.15, 0.2) is 16.9 Å². The molecular formula is C18H25N7O2. The van der Waals surface area contributed by atoms with Crippen LogP contribution in [0.4, 0.5) is 11.6 Å². The highest BCUT2D eigenvalue weighted by Crippen LogP contribution is 2.35. The van der Waals surface area contributed by atoms with Crippen LogP contribution in [-0.2, 0) is 4.79 Å². The molecule has 0 radical (unpaired) electrons. The second-order valence-corrected chi connectivity index (χ2v) is 7.47. The highest BCUT2D eigenvalue weighted by Gasteiger charge is 2.32. The summed E-state index contributed by atoms with van der Waals surface area (Å²) in [6.45, 7) is 6.78. The zero-order chi connectivity index (χ0) is 19.0. The number of hydrogen-bond donors (Lipinski definition) is 0. The molecule has 2 aromatic heterocycles. The summed E-state index contributed by atoms with van der Waals surface area (Å²) in [5.41, 5.74) is 0. The molecule has 27 heavy (non-hydrogen) atoms. The first-order valence-electron chi connectivity index (χ1n) is 9.44. The van der Waals surface area contributed by atoms with Gasteiger partial charge in [0.25, 0.3) is 0 Å². The Labute approximate surface area is 158 Å². The third kappa shape index (κ3) is 3.45. The third-order valence-corrected chi connectivity index (χ3v) is 5.22. The summed E-state index contributed by atoms with van der Waals surface area (Å²) < 4.78 is 5.39. The largest absolute Gasteiger partial charge is 0.346 e. The Hall–Kier alpha value is -2.71. The lowest BCUT2D eigenvalue weighted by atomic mass is 10.2. The van der Waals surface area contributed by atoms with Crippen molar-refractivity contribution in [3.05, 3.63) is 24.1 Å². The fourth-order valence-electron chi connectivity index (χ4n) is 3.55. The molecule has 4 rings (SSSR count). The second kappa shape index (κ2) is 7.13. The van der Waals surface area contributed by atoms with Gasteiger partial charge in [-0.3, -0.25) is 4.79 Å². The van der Waals surface area contributed by atoms with Crippen molar-refractivity contribution < 1.29 is 9.32 Å². The Morgan fingerprint density at radius 1 is 1.19 bits per heavy atom. The molecule has 2 aromatic rings. The number of rotatable bonds is 4. The molecule has 0 aliphatic carbocycles. The standard InChI is InChI=1S/C18H25N7O2/c1-12(2)18-21-17(22-27-18)13-5-4-6-25(13)15-9-14(19-11-20-15)24-8-7-23(3)16(26)10-24/h9,11-13H,4-8,10H2,1-3H3. The number of hydrogen-bond acceptors (Lipinski definition) is 8. The average Bonchev–Trinajstić information content (AvgIpc) is 3.33. The van der Waals surface area contributed by atoms with E-state index in [1.54, 1.807) is 11.2 Å². The van der Waals surface area contributed by atoms with Crippen molar-refractivity contribution in [2.45, 2.75) is 38.6 Å². The Bertz CT molecular complexity index is 822. The van der Waals surface area contributed by atoms with Crippen LogP contribution in [0.1, 0.15) is 50.4 Å². The van der Waals surface area contributed by atoms with Gasteiger partial charge in [0, 0.05) is 38.7 Å². The highest BCUT2D eigenvalue weighted by atomic mass is 16.5. The molecule has 0 spiro atoms. The van der Waals surface area contributed by atoms with Gasteiger partial charge in [0.15, 0.2) is 5.82 Å². The van der Waals surface area contributed by atoms with E-state index < -0.39 is 0 Å². The SMILES string of the molecule is CC(C)c1nc(C2CCCN2c2cc(N3CCN(C)C(=O)C3)ncn2)no1. The lowest BCUT2D eigenvalue weighted by molar-refractivity contribution is -0.129. The van der Waals surface area contributed by atoms with Gasteiger partial charge >= 0.3 is 0 Å². The van der Waals surface area contributed by atoms with Crippen molar-refractivity contribution in [1.82, 2.24) is 25.0 Å². The van der Waals surface area contributed by atoms with Crippen molar-refractivity contribution in [3.8, 4) is 0 Å². The lowest BCUT2D eigenvalue weighted by Crippen LogP contribution is -2.48. The zero-order valence-corrected chi connectivity index (χ0v) is 16.0. The number of carbonyl (C=O) groups is 1. The fraction of sp³-hybridized carbons (Fsp3) is 0.611. The number of piperazine rings is 1. The van der Waals surface area contributed by atoms with Gasteiger partial charge in [-0.05, 0) is 12.8 Å². The van der Waals surface area contributed by atoms with Gasteiger partial charge < -0.3 is 19.2 Å². The Morgan fingerprint density at radius 2 is 2.00 bits per heavy atom. The third-order valence-electron chi connectivity index (χ3n) is 5.22. The topological polar surface area (TPSA) is 91.5 Å². The number of aromatic nitrogens is 4. The molecule has 2 aliphatic heterocycles. The molecule has 2 aliphatic rings. The normalized spacial score (nSPS) is 20.8. The van der Waals surface area contributed by atoms with Crippen LogP contribution in [0.2, 0.25) is 0 Å². The van der Waals surface area contributed by atoms with Gasteiger partial charge in [0.1, 0.15) is 18.0 Å². The molecule has 9 heteroatoms. The van der Waals surface area contributed by atoms with Crippen LogP contribution in [0.3, 0.4) is 0 Å². The van der Waals surface area contributed by atoms with Crippen LogP contribution in [0.5, 0.6) is 0 Å². The molecule has 2 fully saturated rings. The van der Waals surface area contributed by atoms with Crippen LogP contribution < -0.4 is 9.80 Å². The highest BCUT2D eigenvalue weighted by molar-refractivity contribution is 5.82. The van der Waals surface area contributed by atoms with Gasteiger partial charge in [0.2, 0.25) is 11.8 Å². The van der Waals surface area contributed by atoms with Crippen LogP contribution in [-0.4, -0.2) is 64.1 Å². The summed E-state index contributed by atoms with van der Waals surface area (Å²) in [5.74, 6) is 3.31. The first-order valence-corrected chi connectivity index (χ1v) is 9.44. The summed E-state index contributed by atoms with van der Waals surface area (Å²) in [4.78, 5) is 31.4.